The third-order valence-corrected chi connectivity index (χ3v) is 3.90. The van der Waals surface area contributed by atoms with Crippen LogP contribution in [0.3, 0.4) is 0 Å². The van der Waals surface area contributed by atoms with Gasteiger partial charge in [-0.2, -0.15) is 0 Å². The average molecular weight is 297 g/mol. The highest BCUT2D eigenvalue weighted by Gasteiger charge is 2.38. The highest BCUT2D eigenvalue weighted by molar-refractivity contribution is 5.79. The van der Waals surface area contributed by atoms with Crippen LogP contribution in [0, 0.1) is 0 Å². The average Bonchev–Trinajstić information content (AvgIpc) is 3.11. The van der Waals surface area contributed by atoms with Crippen LogP contribution in [0.1, 0.15) is 46.5 Å². The third-order valence-electron chi connectivity index (χ3n) is 3.90. The van der Waals surface area contributed by atoms with Crippen LogP contribution in [-0.4, -0.2) is 59.1 Å². The predicted octanol–water partition coefficient (Wildman–Crippen LogP) is 1.34. The zero-order valence-electron chi connectivity index (χ0n) is 13.3. The summed E-state index contributed by atoms with van der Waals surface area (Å²) in [4.78, 5) is 27.8. The molecule has 2 aliphatic rings. The molecule has 1 heterocycles. The molecular formula is C15H27N3O3. The van der Waals surface area contributed by atoms with Crippen molar-refractivity contribution >= 4 is 12.0 Å². The number of rotatable bonds is 4. The van der Waals surface area contributed by atoms with Crippen molar-refractivity contribution in [1.29, 1.82) is 0 Å². The van der Waals surface area contributed by atoms with E-state index in [0.717, 1.165) is 25.7 Å². The van der Waals surface area contributed by atoms with Gasteiger partial charge in [-0.15, -0.1) is 0 Å². The van der Waals surface area contributed by atoms with Crippen LogP contribution in [0.15, 0.2) is 0 Å². The summed E-state index contributed by atoms with van der Waals surface area (Å²) in [6.07, 6.45) is 3.69. The fourth-order valence-corrected chi connectivity index (χ4v) is 2.77. The number of hydrogen-bond donors (Lipinski definition) is 1. The quantitative estimate of drug-likeness (QED) is 0.849. The first-order chi connectivity index (χ1) is 9.81. The minimum Gasteiger partial charge on any atom is -0.444 e. The summed E-state index contributed by atoms with van der Waals surface area (Å²) in [5, 5.41) is 0. The van der Waals surface area contributed by atoms with Crippen molar-refractivity contribution in [3.05, 3.63) is 0 Å². The number of carbonyl (C=O) groups excluding carboxylic acids is 2. The van der Waals surface area contributed by atoms with Crippen molar-refractivity contribution in [1.82, 2.24) is 9.80 Å². The topological polar surface area (TPSA) is 75.9 Å². The van der Waals surface area contributed by atoms with Crippen molar-refractivity contribution in [2.45, 2.75) is 64.1 Å². The molecule has 21 heavy (non-hydrogen) atoms. The van der Waals surface area contributed by atoms with Gasteiger partial charge in [-0.05, 0) is 46.5 Å². The van der Waals surface area contributed by atoms with E-state index in [1.165, 1.54) is 0 Å². The largest absolute Gasteiger partial charge is 0.444 e. The van der Waals surface area contributed by atoms with E-state index < -0.39 is 5.60 Å². The molecule has 120 valence electrons. The fraction of sp³-hybridized carbons (Fsp3) is 0.867. The van der Waals surface area contributed by atoms with Crippen molar-refractivity contribution in [2.24, 2.45) is 5.73 Å². The number of hydrogen-bond acceptors (Lipinski definition) is 4. The number of nitrogens with zero attached hydrogens (tertiary/aromatic N) is 2. The molecule has 0 spiro atoms. The Bertz CT molecular complexity index is 401. The lowest BCUT2D eigenvalue weighted by atomic mass is 10.2. The summed E-state index contributed by atoms with van der Waals surface area (Å²) in [6, 6.07) is 0.373. The summed E-state index contributed by atoms with van der Waals surface area (Å²) < 4.78 is 5.46. The minimum absolute atomic E-state index is 0.0199. The van der Waals surface area contributed by atoms with E-state index >= 15 is 0 Å². The number of likely N-dealkylation sites (tertiary alicyclic amines) is 1. The van der Waals surface area contributed by atoms with Crippen molar-refractivity contribution in [2.75, 3.05) is 19.6 Å². The van der Waals surface area contributed by atoms with Gasteiger partial charge in [-0.1, -0.05) is 0 Å². The summed E-state index contributed by atoms with van der Waals surface area (Å²) >= 11 is 0. The van der Waals surface area contributed by atoms with Gasteiger partial charge in [-0.3, -0.25) is 4.79 Å². The molecule has 2 fully saturated rings. The van der Waals surface area contributed by atoms with Crippen LogP contribution >= 0.6 is 0 Å². The first-order valence-corrected chi connectivity index (χ1v) is 7.81. The number of ether oxygens (including phenoxy) is 1. The second-order valence-electron chi connectivity index (χ2n) is 6.95. The Hall–Kier alpha value is -1.30. The maximum Gasteiger partial charge on any atom is 0.410 e. The van der Waals surface area contributed by atoms with Gasteiger partial charge >= 0.3 is 6.09 Å². The van der Waals surface area contributed by atoms with Gasteiger partial charge in [0, 0.05) is 19.1 Å². The van der Waals surface area contributed by atoms with E-state index in [2.05, 4.69) is 0 Å². The summed E-state index contributed by atoms with van der Waals surface area (Å²) in [5.74, 6) is -0.0199. The van der Waals surface area contributed by atoms with Gasteiger partial charge in [-0.25, -0.2) is 4.79 Å². The van der Waals surface area contributed by atoms with E-state index in [9.17, 15) is 9.59 Å². The lowest BCUT2D eigenvalue weighted by molar-refractivity contribution is -0.131. The first-order valence-electron chi connectivity index (χ1n) is 7.81. The zero-order chi connectivity index (χ0) is 15.6. The highest BCUT2D eigenvalue weighted by atomic mass is 16.6. The standard InChI is InChI=1S/C15H27N3O3/c1-15(2,3)21-14(20)17-8-4-5-12(17)10-18(11-6-7-11)13(19)9-16/h11-12H,4-10,16H2,1-3H3/t12-/m0/s1. The van der Waals surface area contributed by atoms with Crippen LogP contribution in [0.25, 0.3) is 0 Å². The normalized spacial score (nSPS) is 22.3. The van der Waals surface area contributed by atoms with Crippen LogP contribution < -0.4 is 5.73 Å². The molecule has 6 heteroatoms. The van der Waals surface area contributed by atoms with Crippen LogP contribution in [0.2, 0.25) is 0 Å². The Kier molecular flexibility index (Phi) is 4.76. The summed E-state index contributed by atoms with van der Waals surface area (Å²) in [5.41, 5.74) is 5.00. The molecule has 0 aromatic carbocycles. The summed E-state index contributed by atoms with van der Waals surface area (Å²) in [6.45, 7) is 6.92. The van der Waals surface area contributed by atoms with E-state index in [1.807, 2.05) is 25.7 Å². The molecule has 0 radical (unpaired) electrons. The molecule has 2 N–H and O–H groups in total. The Morgan fingerprint density at radius 2 is 1.95 bits per heavy atom. The second kappa shape index (κ2) is 6.22. The zero-order valence-corrected chi connectivity index (χ0v) is 13.3. The molecular weight excluding hydrogens is 270 g/mol. The molecule has 1 saturated carbocycles. The van der Waals surface area contributed by atoms with Gasteiger partial charge in [0.05, 0.1) is 12.6 Å². The molecule has 0 aromatic heterocycles. The molecule has 1 saturated heterocycles. The van der Waals surface area contributed by atoms with E-state index in [1.54, 1.807) is 4.90 Å². The van der Waals surface area contributed by atoms with E-state index in [4.69, 9.17) is 10.5 Å². The molecule has 0 unspecified atom stereocenters. The summed E-state index contributed by atoms with van der Waals surface area (Å²) in [7, 11) is 0. The number of nitrogens with two attached hydrogens (primary N) is 1. The van der Waals surface area contributed by atoms with E-state index in [0.29, 0.717) is 19.1 Å². The van der Waals surface area contributed by atoms with E-state index in [-0.39, 0.29) is 24.6 Å². The number of carbonyl (C=O) groups is 2. The van der Waals surface area contributed by atoms with Crippen LogP contribution in [0.4, 0.5) is 4.79 Å². The fourth-order valence-electron chi connectivity index (χ4n) is 2.77. The van der Waals surface area contributed by atoms with Crippen LogP contribution in [-0.2, 0) is 9.53 Å². The molecule has 1 atom stereocenters. The first kappa shape index (κ1) is 16.1. The predicted molar refractivity (Wildman–Crippen MR) is 79.8 cm³/mol. The smallest absolute Gasteiger partial charge is 0.410 e. The highest BCUT2D eigenvalue weighted by Crippen LogP contribution is 2.29. The van der Waals surface area contributed by atoms with Gasteiger partial charge in [0.1, 0.15) is 5.60 Å². The Balaban J connectivity index is 1.97. The van der Waals surface area contributed by atoms with Gasteiger partial charge in [0.25, 0.3) is 0 Å². The van der Waals surface area contributed by atoms with Crippen molar-refractivity contribution < 1.29 is 14.3 Å². The van der Waals surface area contributed by atoms with Crippen LogP contribution in [0.5, 0.6) is 0 Å². The molecule has 2 amide bonds. The van der Waals surface area contributed by atoms with Crippen molar-refractivity contribution in [3.63, 3.8) is 0 Å². The minimum atomic E-state index is -0.493. The van der Waals surface area contributed by atoms with Gasteiger partial charge in [0.2, 0.25) is 5.91 Å². The Morgan fingerprint density at radius 3 is 2.48 bits per heavy atom. The SMILES string of the molecule is CC(C)(C)OC(=O)N1CCC[C@H]1CN(C(=O)CN)C1CC1. The molecule has 1 aliphatic heterocycles. The molecule has 1 aliphatic carbocycles. The molecule has 6 nitrogen and oxygen atoms in total. The molecule has 0 aromatic rings. The maximum absolute atomic E-state index is 12.3. The molecule has 2 rings (SSSR count). The lowest BCUT2D eigenvalue weighted by Crippen LogP contribution is -2.48. The Labute approximate surface area is 126 Å². The Morgan fingerprint density at radius 1 is 1.29 bits per heavy atom. The van der Waals surface area contributed by atoms with Crippen molar-refractivity contribution in [3.8, 4) is 0 Å². The monoisotopic (exact) mass is 297 g/mol. The maximum atomic E-state index is 12.3. The third kappa shape index (κ3) is 4.33. The van der Waals surface area contributed by atoms with Gasteiger partial charge < -0.3 is 20.3 Å². The van der Waals surface area contributed by atoms with Gasteiger partial charge in [0.15, 0.2) is 0 Å². The number of amides is 2. The second-order valence-corrected chi connectivity index (χ2v) is 6.95. The lowest BCUT2D eigenvalue weighted by Gasteiger charge is -2.32. The molecule has 0 bridgehead atoms.